The van der Waals surface area contributed by atoms with Crippen molar-refractivity contribution in [3.8, 4) is 0 Å². The quantitative estimate of drug-likeness (QED) is 0.767. The molecule has 2 aliphatic rings. The maximum Gasteiger partial charge on any atom is 0.216 e. The Morgan fingerprint density at radius 3 is 3.06 bits per heavy atom. The highest BCUT2D eigenvalue weighted by molar-refractivity contribution is 7.91. The Labute approximate surface area is 106 Å². The van der Waals surface area contributed by atoms with Crippen molar-refractivity contribution in [2.75, 3.05) is 17.6 Å². The first-order valence-corrected chi connectivity index (χ1v) is 6.98. The molecule has 17 heavy (non-hydrogen) atoms. The van der Waals surface area contributed by atoms with Crippen molar-refractivity contribution in [1.82, 2.24) is 9.97 Å². The third kappa shape index (κ3) is 1.80. The number of aliphatic hydroxyl groups is 1. The molecule has 1 fully saturated rings. The first kappa shape index (κ1) is 9.13. The molecule has 0 amide bonds. The fourth-order valence-electron chi connectivity index (χ4n) is 2.23. The standard InChI is InChI=1S/C11H15N3O2S/c15-6-11(3-1-4-11)14-10-9-8(12-7-13-10)2-5-17(9)16/h7,15H,1-6H2,(H,12,13,14)/i6D2. The molecule has 0 radical (unpaired) electrons. The van der Waals surface area contributed by atoms with Crippen LogP contribution >= 0.6 is 0 Å². The van der Waals surface area contributed by atoms with Gasteiger partial charge in [-0.05, 0) is 30.4 Å². The van der Waals surface area contributed by atoms with E-state index in [9.17, 15) is 9.66 Å². The molecule has 6 heteroatoms. The Morgan fingerprint density at radius 2 is 2.41 bits per heavy atom. The van der Waals surface area contributed by atoms with Crippen LogP contribution in [0, 0.1) is 0 Å². The van der Waals surface area contributed by atoms with Crippen molar-refractivity contribution in [2.24, 2.45) is 0 Å². The molecule has 0 bridgehead atoms. The summed E-state index contributed by atoms with van der Waals surface area (Å²) in [4.78, 5) is 8.76. The predicted molar refractivity (Wildman–Crippen MR) is 64.3 cm³/mol. The highest BCUT2D eigenvalue weighted by Gasteiger charge is 2.39. The summed E-state index contributed by atoms with van der Waals surface area (Å²) < 4.78 is 27.1. The van der Waals surface area contributed by atoms with Crippen LogP contribution in [0.4, 0.5) is 5.82 Å². The van der Waals surface area contributed by atoms with Gasteiger partial charge in [-0.1, -0.05) is 0 Å². The van der Waals surface area contributed by atoms with Crippen LogP contribution in [0.1, 0.15) is 27.7 Å². The van der Waals surface area contributed by atoms with Crippen molar-refractivity contribution in [3.05, 3.63) is 12.0 Å². The molecular weight excluding hydrogens is 238 g/mol. The second-order valence-corrected chi connectivity index (χ2v) is 5.98. The van der Waals surface area contributed by atoms with Crippen molar-refractivity contribution in [3.63, 3.8) is 0 Å². The minimum atomic E-state index is -2.33. The van der Waals surface area contributed by atoms with Crippen molar-refractivity contribution in [2.45, 2.75) is 36.1 Å². The van der Waals surface area contributed by atoms with Gasteiger partial charge in [0.1, 0.15) is 17.8 Å². The van der Waals surface area contributed by atoms with E-state index in [4.69, 9.17) is 2.74 Å². The molecule has 0 saturated heterocycles. The average Bonchev–Trinajstić information content (AvgIpc) is 2.65. The summed E-state index contributed by atoms with van der Waals surface area (Å²) in [6.07, 6.45) is 3.95. The summed E-state index contributed by atoms with van der Waals surface area (Å²) in [7, 11) is 0. The van der Waals surface area contributed by atoms with Crippen molar-refractivity contribution < 1.29 is 12.4 Å². The summed E-state index contributed by atoms with van der Waals surface area (Å²) in [6.45, 7) is -2.33. The van der Waals surface area contributed by atoms with Gasteiger partial charge in [-0.25, -0.2) is 9.97 Å². The van der Waals surface area contributed by atoms with E-state index in [0.717, 1.165) is 12.1 Å². The van der Waals surface area contributed by atoms with Crippen LogP contribution in [-0.4, -0.2) is 37.5 Å². The largest absolute Gasteiger partial charge is 0.611 e. The highest BCUT2D eigenvalue weighted by Crippen LogP contribution is 2.37. The third-order valence-corrected chi connectivity index (χ3v) is 4.87. The molecule has 1 aliphatic heterocycles. The Hall–Kier alpha value is -0.850. The predicted octanol–water partition coefficient (Wildman–Crippen LogP) is 0.467. The van der Waals surface area contributed by atoms with Gasteiger partial charge in [-0.3, -0.25) is 0 Å². The number of hydrogen-bond donors (Lipinski definition) is 2. The topological polar surface area (TPSA) is 81.1 Å². The summed E-state index contributed by atoms with van der Waals surface area (Å²) >= 11 is -1.14. The lowest BCUT2D eigenvalue weighted by atomic mass is 9.77. The maximum atomic E-state index is 12.0. The number of nitrogens with zero attached hydrogens (tertiary/aromatic N) is 2. The van der Waals surface area contributed by atoms with Gasteiger partial charge in [0.05, 0.1) is 14.8 Å². The molecule has 92 valence electrons. The van der Waals surface area contributed by atoms with Crippen LogP contribution in [0.25, 0.3) is 0 Å². The third-order valence-electron chi connectivity index (χ3n) is 3.41. The zero-order chi connectivity index (χ0) is 13.7. The second kappa shape index (κ2) is 4.12. The second-order valence-electron chi connectivity index (χ2n) is 4.47. The molecule has 1 aliphatic carbocycles. The molecule has 1 aromatic rings. The first-order valence-electron chi connectivity index (χ1n) is 6.66. The smallest absolute Gasteiger partial charge is 0.216 e. The Bertz CT molecular complexity index is 505. The average molecular weight is 255 g/mol. The maximum absolute atomic E-state index is 12.0. The van der Waals surface area contributed by atoms with E-state index in [-0.39, 0.29) is 0 Å². The van der Waals surface area contributed by atoms with E-state index >= 15 is 0 Å². The lowest BCUT2D eigenvalue weighted by Crippen LogP contribution is -2.48. The van der Waals surface area contributed by atoms with Gasteiger partial charge in [0, 0.05) is 6.42 Å². The normalized spacial score (nSPS) is 27.8. The summed E-state index contributed by atoms with van der Waals surface area (Å²) in [6, 6.07) is 0. The van der Waals surface area contributed by atoms with E-state index in [1.807, 2.05) is 0 Å². The van der Waals surface area contributed by atoms with Gasteiger partial charge in [0.15, 0.2) is 5.82 Å². The molecule has 1 unspecified atom stereocenters. The van der Waals surface area contributed by atoms with Gasteiger partial charge in [0.25, 0.3) is 0 Å². The molecule has 5 nitrogen and oxygen atoms in total. The zero-order valence-electron chi connectivity index (χ0n) is 11.3. The Kier molecular flexibility index (Phi) is 2.21. The fraction of sp³-hybridized carbons (Fsp3) is 0.636. The van der Waals surface area contributed by atoms with E-state index in [1.165, 1.54) is 6.33 Å². The van der Waals surface area contributed by atoms with Gasteiger partial charge in [-0.15, -0.1) is 0 Å². The monoisotopic (exact) mass is 255 g/mol. The van der Waals surface area contributed by atoms with Crippen LogP contribution < -0.4 is 5.32 Å². The van der Waals surface area contributed by atoms with Gasteiger partial charge in [-0.2, -0.15) is 0 Å². The number of aryl methyl sites for hydroxylation is 1. The summed E-state index contributed by atoms with van der Waals surface area (Å²) in [5.41, 5.74) is -0.272. The number of anilines is 1. The van der Waals surface area contributed by atoms with Crippen LogP contribution in [0.3, 0.4) is 0 Å². The lowest BCUT2D eigenvalue weighted by molar-refractivity contribution is 0.143. The molecule has 2 heterocycles. The van der Waals surface area contributed by atoms with E-state index in [2.05, 4.69) is 15.3 Å². The molecule has 0 aromatic carbocycles. The molecule has 1 aromatic heterocycles. The summed E-state index contributed by atoms with van der Waals surface area (Å²) in [5.74, 6) is 0.931. The van der Waals surface area contributed by atoms with Crippen LogP contribution in [0.5, 0.6) is 0 Å². The SMILES string of the molecule is [2H]C([2H])(O)C1(Nc2ncnc3c2[S+]([O-])CC3)CCC1. The molecule has 0 spiro atoms. The van der Waals surface area contributed by atoms with Crippen LogP contribution in [0.15, 0.2) is 11.2 Å². The Balaban J connectivity index is 1.94. The molecule has 2 N–H and O–H groups in total. The molecule has 1 atom stereocenters. The highest BCUT2D eigenvalue weighted by atomic mass is 32.2. The molecule has 3 rings (SSSR count). The van der Waals surface area contributed by atoms with E-state index in [0.29, 0.717) is 35.7 Å². The van der Waals surface area contributed by atoms with E-state index in [1.54, 1.807) is 0 Å². The summed E-state index contributed by atoms with van der Waals surface area (Å²) in [5, 5.41) is 12.7. The Morgan fingerprint density at radius 1 is 1.59 bits per heavy atom. The number of rotatable bonds is 3. The number of hydrogen-bond acceptors (Lipinski definition) is 5. The number of fused-ring (bicyclic) bond motifs is 1. The number of nitrogens with one attached hydrogen (secondary N) is 1. The zero-order valence-corrected chi connectivity index (χ0v) is 10.1. The van der Waals surface area contributed by atoms with Crippen molar-refractivity contribution >= 4 is 17.0 Å². The van der Waals surface area contributed by atoms with Gasteiger partial charge in [0.2, 0.25) is 4.90 Å². The van der Waals surface area contributed by atoms with Crippen LogP contribution in [0.2, 0.25) is 0 Å². The number of aromatic nitrogens is 2. The minimum Gasteiger partial charge on any atom is -0.611 e. The molecule has 1 saturated carbocycles. The van der Waals surface area contributed by atoms with E-state index < -0.39 is 23.3 Å². The van der Waals surface area contributed by atoms with Gasteiger partial charge < -0.3 is 15.0 Å². The molecular formula is C11H15N3O2S. The lowest BCUT2D eigenvalue weighted by Gasteiger charge is -2.41. The fourth-order valence-corrected chi connectivity index (χ4v) is 3.55. The van der Waals surface area contributed by atoms with Gasteiger partial charge >= 0.3 is 0 Å². The minimum absolute atomic E-state index is 0.401. The first-order chi connectivity index (χ1) is 8.93. The van der Waals surface area contributed by atoms with Crippen LogP contribution in [-0.2, 0) is 17.6 Å². The van der Waals surface area contributed by atoms with Crippen molar-refractivity contribution in [1.29, 1.82) is 0 Å².